The molecule has 0 radical (unpaired) electrons. The van der Waals surface area contributed by atoms with E-state index in [1.165, 1.54) is 37.0 Å². The standard InChI is InChI=1S/C25H33N3O4S/c29-25(26-17-20-9-11-21(12-10-20)19-28-13-2-1-3-14-28)22-6-4-8-24(16-22)33(30,31)27-18-23-7-5-15-32-23/h4,6,8-12,16,23,27H,1-3,5,7,13-15,17-19H2,(H,26,29). The minimum atomic E-state index is -3.70. The summed E-state index contributed by atoms with van der Waals surface area (Å²) < 4.78 is 33.3. The lowest BCUT2D eigenvalue weighted by Crippen LogP contribution is -2.32. The van der Waals surface area contributed by atoms with Crippen LogP contribution in [0.25, 0.3) is 0 Å². The number of ether oxygens (including phenoxy) is 1. The molecule has 1 amide bonds. The van der Waals surface area contributed by atoms with Gasteiger partial charge in [0.2, 0.25) is 10.0 Å². The van der Waals surface area contributed by atoms with Gasteiger partial charge in [-0.2, -0.15) is 0 Å². The number of benzene rings is 2. The van der Waals surface area contributed by atoms with Gasteiger partial charge in [0.05, 0.1) is 11.0 Å². The molecule has 0 spiro atoms. The average molecular weight is 472 g/mol. The van der Waals surface area contributed by atoms with Crippen LogP contribution in [0.1, 0.15) is 53.6 Å². The van der Waals surface area contributed by atoms with Crippen molar-refractivity contribution < 1.29 is 17.9 Å². The number of carbonyl (C=O) groups excluding carboxylic acids is 1. The van der Waals surface area contributed by atoms with E-state index in [1.54, 1.807) is 12.1 Å². The zero-order chi connectivity index (χ0) is 23.1. The first-order chi connectivity index (χ1) is 16.0. The molecule has 4 rings (SSSR count). The van der Waals surface area contributed by atoms with Gasteiger partial charge in [-0.3, -0.25) is 9.69 Å². The molecular formula is C25H33N3O4S. The van der Waals surface area contributed by atoms with Crippen molar-refractivity contribution in [3.8, 4) is 0 Å². The van der Waals surface area contributed by atoms with Crippen molar-refractivity contribution in [2.45, 2.75) is 56.2 Å². The van der Waals surface area contributed by atoms with Crippen LogP contribution >= 0.6 is 0 Å². The molecule has 2 N–H and O–H groups in total. The van der Waals surface area contributed by atoms with Gasteiger partial charge < -0.3 is 10.1 Å². The van der Waals surface area contributed by atoms with E-state index in [4.69, 9.17) is 4.74 Å². The second-order valence-corrected chi connectivity index (χ2v) is 10.6. The summed E-state index contributed by atoms with van der Waals surface area (Å²) in [5.74, 6) is -0.302. The van der Waals surface area contributed by atoms with Crippen LogP contribution in [0.4, 0.5) is 0 Å². The van der Waals surface area contributed by atoms with Gasteiger partial charge in [0, 0.05) is 31.8 Å². The number of nitrogens with one attached hydrogen (secondary N) is 2. The fourth-order valence-electron chi connectivity index (χ4n) is 4.32. The van der Waals surface area contributed by atoms with E-state index in [9.17, 15) is 13.2 Å². The molecule has 2 aromatic rings. The molecule has 2 saturated heterocycles. The molecule has 1 unspecified atom stereocenters. The number of hydrogen-bond acceptors (Lipinski definition) is 5. The molecule has 0 saturated carbocycles. The van der Waals surface area contributed by atoms with Crippen LogP contribution in [-0.2, 0) is 27.8 Å². The summed E-state index contributed by atoms with van der Waals surface area (Å²) in [6.45, 7) is 4.59. The third kappa shape index (κ3) is 6.86. The molecule has 1 atom stereocenters. The number of likely N-dealkylation sites (tertiary alicyclic amines) is 1. The van der Waals surface area contributed by atoms with E-state index in [0.717, 1.165) is 38.0 Å². The minimum absolute atomic E-state index is 0.0789. The lowest BCUT2D eigenvalue weighted by atomic mass is 10.1. The van der Waals surface area contributed by atoms with Crippen LogP contribution in [0.15, 0.2) is 53.4 Å². The lowest BCUT2D eigenvalue weighted by molar-refractivity contribution is 0.0950. The summed E-state index contributed by atoms with van der Waals surface area (Å²) in [5, 5.41) is 2.89. The summed E-state index contributed by atoms with van der Waals surface area (Å²) in [6, 6.07) is 14.4. The molecule has 2 aromatic carbocycles. The molecule has 2 aliphatic heterocycles. The van der Waals surface area contributed by atoms with Crippen molar-refractivity contribution in [3.63, 3.8) is 0 Å². The van der Waals surface area contributed by atoms with Crippen LogP contribution in [0.2, 0.25) is 0 Å². The van der Waals surface area contributed by atoms with E-state index in [2.05, 4.69) is 27.1 Å². The number of piperidine rings is 1. The Balaban J connectivity index is 1.30. The third-order valence-corrected chi connectivity index (χ3v) is 7.68. The number of sulfonamides is 1. The van der Waals surface area contributed by atoms with Crippen LogP contribution in [0, 0.1) is 0 Å². The molecule has 0 bridgehead atoms. The van der Waals surface area contributed by atoms with E-state index in [1.807, 2.05) is 12.1 Å². The highest BCUT2D eigenvalue weighted by molar-refractivity contribution is 7.89. The van der Waals surface area contributed by atoms with Gasteiger partial charge in [-0.05, 0) is 68.1 Å². The number of amides is 1. The smallest absolute Gasteiger partial charge is 0.251 e. The van der Waals surface area contributed by atoms with Gasteiger partial charge >= 0.3 is 0 Å². The molecule has 7 nitrogen and oxygen atoms in total. The molecule has 178 valence electrons. The Labute approximate surface area is 196 Å². The fraction of sp³-hybridized carbons (Fsp3) is 0.480. The molecule has 2 heterocycles. The highest BCUT2D eigenvalue weighted by Gasteiger charge is 2.21. The van der Waals surface area contributed by atoms with Crippen LogP contribution < -0.4 is 10.0 Å². The maximum Gasteiger partial charge on any atom is 0.251 e. The summed E-state index contributed by atoms with van der Waals surface area (Å²) >= 11 is 0. The second kappa shape index (κ2) is 11.2. The third-order valence-electron chi connectivity index (χ3n) is 6.26. The van der Waals surface area contributed by atoms with Gasteiger partial charge in [0.25, 0.3) is 5.91 Å². The highest BCUT2D eigenvalue weighted by atomic mass is 32.2. The first-order valence-electron chi connectivity index (χ1n) is 11.8. The molecule has 2 aliphatic rings. The summed E-state index contributed by atoms with van der Waals surface area (Å²) in [4.78, 5) is 15.2. The van der Waals surface area contributed by atoms with Gasteiger partial charge in [-0.25, -0.2) is 13.1 Å². The number of carbonyl (C=O) groups is 1. The monoisotopic (exact) mass is 471 g/mol. The highest BCUT2D eigenvalue weighted by Crippen LogP contribution is 2.16. The Hall–Kier alpha value is -2.26. The first-order valence-corrected chi connectivity index (χ1v) is 13.3. The predicted octanol–water partition coefficient (Wildman–Crippen LogP) is 3.06. The largest absolute Gasteiger partial charge is 0.377 e. The molecule has 8 heteroatoms. The number of hydrogen-bond donors (Lipinski definition) is 2. The van der Waals surface area contributed by atoms with Gasteiger partial charge in [0.15, 0.2) is 0 Å². The zero-order valence-electron chi connectivity index (χ0n) is 19.0. The van der Waals surface area contributed by atoms with E-state index in [0.29, 0.717) is 18.7 Å². The van der Waals surface area contributed by atoms with E-state index < -0.39 is 10.0 Å². The summed E-state index contributed by atoms with van der Waals surface area (Å²) in [7, 11) is -3.70. The van der Waals surface area contributed by atoms with E-state index >= 15 is 0 Å². The van der Waals surface area contributed by atoms with Crippen molar-refractivity contribution >= 4 is 15.9 Å². The minimum Gasteiger partial charge on any atom is -0.377 e. The van der Waals surface area contributed by atoms with Crippen molar-refractivity contribution in [1.29, 1.82) is 0 Å². The summed E-state index contributed by atoms with van der Waals surface area (Å²) in [5.41, 5.74) is 2.60. The Bertz CT molecular complexity index is 1030. The Morgan fingerprint density at radius 1 is 1.00 bits per heavy atom. The maximum atomic E-state index is 12.6. The Kier molecular flexibility index (Phi) is 8.14. The first kappa shape index (κ1) is 23.9. The van der Waals surface area contributed by atoms with Crippen LogP contribution in [0.3, 0.4) is 0 Å². The quantitative estimate of drug-likeness (QED) is 0.587. The molecular weight excluding hydrogens is 438 g/mol. The Morgan fingerprint density at radius 3 is 2.48 bits per heavy atom. The lowest BCUT2D eigenvalue weighted by Gasteiger charge is -2.26. The predicted molar refractivity (Wildman–Crippen MR) is 127 cm³/mol. The zero-order valence-corrected chi connectivity index (χ0v) is 19.8. The van der Waals surface area contributed by atoms with Crippen LogP contribution in [0.5, 0.6) is 0 Å². The van der Waals surface area contributed by atoms with Crippen molar-refractivity contribution in [2.75, 3.05) is 26.2 Å². The van der Waals surface area contributed by atoms with Crippen LogP contribution in [-0.4, -0.2) is 51.6 Å². The fourth-order valence-corrected chi connectivity index (χ4v) is 5.43. The van der Waals surface area contributed by atoms with Gasteiger partial charge in [-0.15, -0.1) is 0 Å². The summed E-state index contributed by atoms with van der Waals surface area (Å²) in [6.07, 6.45) is 5.59. The number of rotatable bonds is 9. The van der Waals surface area contributed by atoms with Gasteiger partial charge in [-0.1, -0.05) is 36.8 Å². The SMILES string of the molecule is O=C(NCc1ccc(CN2CCCCC2)cc1)c1cccc(S(=O)(=O)NCC2CCCO2)c1. The second-order valence-electron chi connectivity index (χ2n) is 8.85. The van der Waals surface area contributed by atoms with Crippen molar-refractivity contribution in [3.05, 3.63) is 65.2 Å². The molecule has 0 aromatic heterocycles. The molecule has 33 heavy (non-hydrogen) atoms. The topological polar surface area (TPSA) is 87.7 Å². The average Bonchev–Trinajstić information content (AvgIpc) is 3.37. The molecule has 0 aliphatic carbocycles. The molecule has 2 fully saturated rings. The Morgan fingerprint density at radius 2 is 1.76 bits per heavy atom. The van der Waals surface area contributed by atoms with Crippen molar-refractivity contribution in [1.82, 2.24) is 14.9 Å². The normalized spacial score (nSPS) is 19.5. The van der Waals surface area contributed by atoms with Gasteiger partial charge in [0.1, 0.15) is 0 Å². The van der Waals surface area contributed by atoms with E-state index in [-0.39, 0.29) is 23.5 Å². The van der Waals surface area contributed by atoms with Crippen molar-refractivity contribution in [2.24, 2.45) is 0 Å². The number of nitrogens with zero attached hydrogens (tertiary/aromatic N) is 1. The maximum absolute atomic E-state index is 12.6.